The van der Waals surface area contributed by atoms with Gasteiger partial charge in [-0.1, -0.05) is 30.3 Å². The summed E-state index contributed by atoms with van der Waals surface area (Å²) < 4.78 is 4.91. The smallest absolute Gasteiger partial charge is 0.341 e. The molecule has 5 nitrogen and oxygen atoms in total. The number of methoxy groups -OCH3 is 1. The summed E-state index contributed by atoms with van der Waals surface area (Å²) in [5.74, 6) is -0.446. The van der Waals surface area contributed by atoms with Gasteiger partial charge in [0.15, 0.2) is 6.54 Å². The largest absolute Gasteiger partial charge is 0.465 e. The zero-order valence-electron chi connectivity index (χ0n) is 14.6. The third kappa shape index (κ3) is 4.08. The Morgan fingerprint density at radius 2 is 2.00 bits per heavy atom. The van der Waals surface area contributed by atoms with E-state index in [9.17, 15) is 9.59 Å². The Bertz CT molecular complexity index is 770. The Hall–Kier alpha value is -2.18. The van der Waals surface area contributed by atoms with Crippen LogP contribution in [0.1, 0.15) is 32.8 Å². The minimum absolute atomic E-state index is 0.0847. The number of anilines is 1. The van der Waals surface area contributed by atoms with Gasteiger partial charge in [-0.3, -0.25) is 4.79 Å². The van der Waals surface area contributed by atoms with Crippen molar-refractivity contribution in [2.45, 2.75) is 25.8 Å². The van der Waals surface area contributed by atoms with Crippen LogP contribution in [0.25, 0.3) is 0 Å². The molecule has 2 aromatic rings. The maximum atomic E-state index is 12.4. The molecule has 1 aromatic carbocycles. The standard InChI is InChI=1S/C19H22N2O3S/c1-21(11-13-7-4-3-5-8-13)12-16(22)20-18-17(19(23)24-2)14-9-6-10-15(14)25-18/h3-5,7-8H,6,9-12H2,1-2H3,(H,20,22)/p+1. The highest BCUT2D eigenvalue weighted by atomic mass is 32.1. The van der Waals surface area contributed by atoms with Crippen molar-refractivity contribution in [3.8, 4) is 0 Å². The van der Waals surface area contributed by atoms with E-state index in [0.717, 1.165) is 36.3 Å². The Morgan fingerprint density at radius 1 is 1.24 bits per heavy atom. The lowest BCUT2D eigenvalue weighted by atomic mass is 10.1. The number of thiophene rings is 1. The average Bonchev–Trinajstić information content (AvgIpc) is 3.15. The molecule has 0 fully saturated rings. The van der Waals surface area contributed by atoms with Gasteiger partial charge in [-0.05, 0) is 24.8 Å². The lowest BCUT2D eigenvalue weighted by Gasteiger charge is -2.14. The molecule has 1 unspecified atom stereocenters. The van der Waals surface area contributed by atoms with Crippen molar-refractivity contribution < 1.29 is 19.2 Å². The minimum Gasteiger partial charge on any atom is -0.465 e. The zero-order valence-corrected chi connectivity index (χ0v) is 15.4. The number of carbonyl (C=O) groups is 2. The van der Waals surface area contributed by atoms with Crippen LogP contribution in [0.2, 0.25) is 0 Å². The van der Waals surface area contributed by atoms with Crippen LogP contribution in [0.5, 0.6) is 0 Å². The fraction of sp³-hybridized carbons (Fsp3) is 0.368. The van der Waals surface area contributed by atoms with Crippen LogP contribution in [-0.4, -0.2) is 32.6 Å². The van der Waals surface area contributed by atoms with Crippen LogP contribution < -0.4 is 10.2 Å². The van der Waals surface area contributed by atoms with Gasteiger partial charge in [-0.2, -0.15) is 0 Å². The second-order valence-corrected chi connectivity index (χ2v) is 7.50. The first-order valence-electron chi connectivity index (χ1n) is 8.46. The predicted octanol–water partition coefficient (Wildman–Crippen LogP) is 1.68. The van der Waals surface area contributed by atoms with E-state index in [2.05, 4.69) is 17.4 Å². The van der Waals surface area contributed by atoms with Crippen molar-refractivity contribution in [2.75, 3.05) is 26.0 Å². The number of quaternary nitrogens is 1. The highest BCUT2D eigenvalue weighted by molar-refractivity contribution is 7.17. The van der Waals surface area contributed by atoms with Gasteiger partial charge < -0.3 is 15.0 Å². The molecule has 3 rings (SSSR count). The first-order chi connectivity index (χ1) is 12.1. The van der Waals surface area contributed by atoms with Gasteiger partial charge in [-0.25, -0.2) is 4.79 Å². The van der Waals surface area contributed by atoms with Crippen molar-refractivity contribution in [2.24, 2.45) is 0 Å². The van der Waals surface area contributed by atoms with Crippen molar-refractivity contribution in [3.05, 3.63) is 51.9 Å². The van der Waals surface area contributed by atoms with Crippen LogP contribution in [-0.2, 0) is 28.9 Å². The van der Waals surface area contributed by atoms with E-state index in [-0.39, 0.29) is 11.9 Å². The van der Waals surface area contributed by atoms with Gasteiger partial charge in [0.25, 0.3) is 5.91 Å². The third-order valence-corrected chi connectivity index (χ3v) is 5.58. The topological polar surface area (TPSA) is 59.8 Å². The second-order valence-electron chi connectivity index (χ2n) is 6.40. The van der Waals surface area contributed by atoms with Crippen LogP contribution in [0.3, 0.4) is 0 Å². The summed E-state index contributed by atoms with van der Waals surface area (Å²) in [6.45, 7) is 1.12. The molecule has 1 atom stereocenters. The molecule has 0 saturated heterocycles. The van der Waals surface area contributed by atoms with E-state index in [0.29, 0.717) is 17.1 Å². The first kappa shape index (κ1) is 17.6. The molecule has 0 saturated carbocycles. The number of rotatable bonds is 6. The van der Waals surface area contributed by atoms with Gasteiger partial charge in [0.1, 0.15) is 11.5 Å². The molecule has 6 heteroatoms. The van der Waals surface area contributed by atoms with Crippen molar-refractivity contribution >= 4 is 28.2 Å². The molecule has 1 heterocycles. The average molecular weight is 359 g/mol. The Kier molecular flexibility index (Phi) is 5.50. The highest BCUT2D eigenvalue weighted by Gasteiger charge is 2.28. The van der Waals surface area contributed by atoms with Gasteiger partial charge >= 0.3 is 5.97 Å². The predicted molar refractivity (Wildman–Crippen MR) is 98.2 cm³/mol. The van der Waals surface area contributed by atoms with Gasteiger partial charge in [0, 0.05) is 10.4 Å². The lowest BCUT2D eigenvalue weighted by Crippen LogP contribution is -3.08. The number of amides is 1. The number of ether oxygens (including phenoxy) is 1. The van der Waals surface area contributed by atoms with Gasteiger partial charge in [0.05, 0.1) is 19.7 Å². The van der Waals surface area contributed by atoms with E-state index in [1.165, 1.54) is 28.9 Å². The molecule has 1 amide bonds. The molecule has 25 heavy (non-hydrogen) atoms. The number of benzene rings is 1. The number of carbonyl (C=O) groups excluding carboxylic acids is 2. The van der Waals surface area contributed by atoms with Gasteiger partial charge in [0.2, 0.25) is 0 Å². The van der Waals surface area contributed by atoms with Crippen LogP contribution in [0.4, 0.5) is 5.00 Å². The maximum Gasteiger partial charge on any atom is 0.341 e. The highest BCUT2D eigenvalue weighted by Crippen LogP contribution is 2.39. The number of likely N-dealkylation sites (N-methyl/N-ethyl adjacent to an activating group) is 1. The van der Waals surface area contributed by atoms with E-state index in [4.69, 9.17) is 4.74 Å². The van der Waals surface area contributed by atoms with Crippen molar-refractivity contribution in [1.29, 1.82) is 0 Å². The molecule has 0 spiro atoms. The molecule has 0 bridgehead atoms. The maximum absolute atomic E-state index is 12.4. The van der Waals surface area contributed by atoms with E-state index in [1.807, 2.05) is 25.2 Å². The summed E-state index contributed by atoms with van der Waals surface area (Å²) in [6.07, 6.45) is 2.91. The first-order valence-corrected chi connectivity index (χ1v) is 9.28. The second kappa shape index (κ2) is 7.80. The quantitative estimate of drug-likeness (QED) is 0.772. The number of esters is 1. The van der Waals surface area contributed by atoms with Crippen molar-refractivity contribution in [1.82, 2.24) is 0 Å². The van der Waals surface area contributed by atoms with E-state index >= 15 is 0 Å². The third-order valence-electron chi connectivity index (χ3n) is 4.37. The molecule has 132 valence electrons. The van der Waals surface area contributed by atoms with Gasteiger partial charge in [-0.15, -0.1) is 11.3 Å². The van der Waals surface area contributed by atoms with E-state index < -0.39 is 0 Å². The van der Waals surface area contributed by atoms with Crippen LogP contribution in [0.15, 0.2) is 30.3 Å². The normalized spacial score (nSPS) is 14.0. The molecular weight excluding hydrogens is 336 g/mol. The molecule has 0 radical (unpaired) electrons. The fourth-order valence-electron chi connectivity index (χ4n) is 3.26. The number of aryl methyl sites for hydroxylation is 1. The molecular formula is C19H23N2O3S+. The number of fused-ring (bicyclic) bond motifs is 1. The van der Waals surface area contributed by atoms with Crippen LogP contribution in [0, 0.1) is 0 Å². The van der Waals surface area contributed by atoms with E-state index in [1.54, 1.807) is 0 Å². The summed E-state index contributed by atoms with van der Waals surface area (Å²) in [7, 11) is 3.37. The molecule has 0 aliphatic heterocycles. The molecule has 2 N–H and O–H groups in total. The number of hydrogen-bond acceptors (Lipinski definition) is 4. The Labute approximate surface area is 151 Å². The lowest BCUT2D eigenvalue weighted by molar-refractivity contribution is -0.885. The summed E-state index contributed by atoms with van der Waals surface area (Å²) in [5.41, 5.74) is 2.80. The summed E-state index contributed by atoms with van der Waals surface area (Å²) in [6, 6.07) is 10.1. The number of nitrogens with one attached hydrogen (secondary N) is 2. The molecule has 1 aromatic heterocycles. The number of hydrogen-bond donors (Lipinski definition) is 2. The zero-order chi connectivity index (χ0) is 17.8. The summed E-state index contributed by atoms with van der Waals surface area (Å²) in [4.78, 5) is 26.8. The summed E-state index contributed by atoms with van der Waals surface area (Å²) in [5, 5.41) is 3.56. The monoisotopic (exact) mass is 359 g/mol. The Balaban J connectivity index is 1.66. The molecule has 1 aliphatic rings. The Morgan fingerprint density at radius 3 is 2.72 bits per heavy atom. The fourth-order valence-corrected chi connectivity index (χ4v) is 4.56. The molecule has 1 aliphatic carbocycles. The van der Waals surface area contributed by atoms with Crippen LogP contribution >= 0.6 is 11.3 Å². The van der Waals surface area contributed by atoms with Crippen molar-refractivity contribution in [3.63, 3.8) is 0 Å². The summed E-state index contributed by atoms with van der Waals surface area (Å²) >= 11 is 1.51. The minimum atomic E-state index is -0.361. The SMILES string of the molecule is COC(=O)c1c(NC(=O)C[NH+](C)Cc2ccccc2)sc2c1CCC2.